The van der Waals surface area contributed by atoms with E-state index in [1.54, 1.807) is 19.3 Å². The van der Waals surface area contributed by atoms with Gasteiger partial charge >= 0.3 is 0 Å². The van der Waals surface area contributed by atoms with Gasteiger partial charge in [-0.05, 0) is 6.07 Å². The molecule has 1 rings (SSSR count). The first-order valence-electron chi connectivity index (χ1n) is 3.84. The number of aryl methyl sites for hydroxylation is 1. The molecule has 0 aliphatic carbocycles. The molecule has 62 valence electrons. The van der Waals surface area contributed by atoms with Crippen LogP contribution in [0.4, 0.5) is 0 Å². The van der Waals surface area contributed by atoms with E-state index in [-0.39, 0.29) is 5.56 Å². The summed E-state index contributed by atoms with van der Waals surface area (Å²) in [5.41, 5.74) is 0.0347. The lowest BCUT2D eigenvalue weighted by Crippen LogP contribution is -2.12. The SMILES string of the molecule is CCC.Cn1ccccc1=O. The Labute approximate surface area is 67.5 Å². The predicted molar refractivity (Wildman–Crippen MR) is 47.6 cm³/mol. The second kappa shape index (κ2) is 5.71. The van der Waals surface area contributed by atoms with Crippen LogP contribution in [0.15, 0.2) is 29.2 Å². The molecule has 0 unspecified atom stereocenters. The molecule has 0 aliphatic rings. The summed E-state index contributed by atoms with van der Waals surface area (Å²) in [5, 5.41) is 0. The van der Waals surface area contributed by atoms with Crippen molar-refractivity contribution in [2.24, 2.45) is 7.05 Å². The minimum absolute atomic E-state index is 0.0347. The van der Waals surface area contributed by atoms with Gasteiger partial charge in [0.1, 0.15) is 0 Å². The standard InChI is InChI=1S/C6H7NO.C3H8/c1-7-5-3-2-4-6(7)8;1-3-2/h2-5H,1H3;3H2,1-2H3. The molecule has 0 aromatic carbocycles. The number of nitrogens with zero attached hydrogens (tertiary/aromatic N) is 1. The van der Waals surface area contributed by atoms with Crippen LogP contribution < -0.4 is 5.56 Å². The molecule has 2 nitrogen and oxygen atoms in total. The molecular weight excluding hydrogens is 138 g/mol. The summed E-state index contributed by atoms with van der Waals surface area (Å²) in [7, 11) is 1.72. The zero-order chi connectivity index (χ0) is 8.69. The molecule has 1 aromatic heterocycles. The number of hydrogen-bond acceptors (Lipinski definition) is 1. The van der Waals surface area contributed by atoms with Gasteiger partial charge in [-0.3, -0.25) is 4.79 Å². The smallest absolute Gasteiger partial charge is 0.250 e. The zero-order valence-corrected chi connectivity index (χ0v) is 7.37. The monoisotopic (exact) mass is 153 g/mol. The fourth-order valence-electron chi connectivity index (χ4n) is 0.508. The average molecular weight is 153 g/mol. The number of aromatic nitrogens is 1. The van der Waals surface area contributed by atoms with Gasteiger partial charge in [0.15, 0.2) is 0 Å². The van der Waals surface area contributed by atoms with Crippen LogP contribution in [-0.4, -0.2) is 4.57 Å². The van der Waals surface area contributed by atoms with Crippen molar-refractivity contribution in [3.05, 3.63) is 34.7 Å². The average Bonchev–Trinajstić information content (AvgIpc) is 1.97. The molecular formula is C9H15NO. The molecule has 0 radical (unpaired) electrons. The highest BCUT2D eigenvalue weighted by Crippen LogP contribution is 1.73. The largest absolute Gasteiger partial charge is 0.319 e. The predicted octanol–water partition coefficient (Wildman–Crippen LogP) is 1.80. The summed E-state index contributed by atoms with van der Waals surface area (Å²) in [5.74, 6) is 0. The topological polar surface area (TPSA) is 22.0 Å². The lowest BCUT2D eigenvalue weighted by molar-refractivity contribution is 0.860. The van der Waals surface area contributed by atoms with Crippen LogP contribution in [0.2, 0.25) is 0 Å². The van der Waals surface area contributed by atoms with Crippen LogP contribution in [0.1, 0.15) is 20.3 Å². The van der Waals surface area contributed by atoms with E-state index >= 15 is 0 Å². The molecule has 0 fully saturated rings. The zero-order valence-electron chi connectivity index (χ0n) is 7.37. The summed E-state index contributed by atoms with van der Waals surface area (Å²) in [6, 6.07) is 5.07. The highest BCUT2D eigenvalue weighted by atomic mass is 16.1. The first-order chi connectivity index (χ1) is 5.22. The molecule has 0 aliphatic heterocycles. The molecule has 0 amide bonds. The van der Waals surface area contributed by atoms with Crippen LogP contribution in [-0.2, 0) is 7.05 Å². The van der Waals surface area contributed by atoms with Crippen molar-refractivity contribution >= 4 is 0 Å². The fraction of sp³-hybridized carbons (Fsp3) is 0.444. The van der Waals surface area contributed by atoms with Gasteiger partial charge in [-0.1, -0.05) is 26.3 Å². The van der Waals surface area contributed by atoms with Crippen LogP contribution in [0.3, 0.4) is 0 Å². The number of pyridine rings is 1. The van der Waals surface area contributed by atoms with E-state index in [4.69, 9.17) is 0 Å². The highest BCUT2D eigenvalue weighted by Gasteiger charge is 1.79. The summed E-state index contributed by atoms with van der Waals surface area (Å²) in [4.78, 5) is 10.6. The van der Waals surface area contributed by atoms with Gasteiger partial charge in [-0.15, -0.1) is 0 Å². The van der Waals surface area contributed by atoms with Crippen LogP contribution in [0, 0.1) is 0 Å². The molecule has 0 atom stereocenters. The molecule has 11 heavy (non-hydrogen) atoms. The first kappa shape index (κ1) is 9.95. The lowest BCUT2D eigenvalue weighted by atomic mass is 10.5. The quantitative estimate of drug-likeness (QED) is 0.557. The minimum atomic E-state index is 0.0347. The van der Waals surface area contributed by atoms with Gasteiger partial charge in [0.25, 0.3) is 0 Å². The Hall–Kier alpha value is -1.05. The van der Waals surface area contributed by atoms with Gasteiger partial charge in [0.2, 0.25) is 5.56 Å². The van der Waals surface area contributed by atoms with Crippen molar-refractivity contribution in [3.8, 4) is 0 Å². The molecule has 0 saturated carbocycles. The number of rotatable bonds is 0. The van der Waals surface area contributed by atoms with Gasteiger partial charge in [0.05, 0.1) is 0 Å². The maximum atomic E-state index is 10.6. The molecule has 0 N–H and O–H groups in total. The van der Waals surface area contributed by atoms with Gasteiger partial charge in [-0.2, -0.15) is 0 Å². The minimum Gasteiger partial charge on any atom is -0.319 e. The van der Waals surface area contributed by atoms with Crippen LogP contribution in [0.25, 0.3) is 0 Å². The van der Waals surface area contributed by atoms with E-state index in [9.17, 15) is 4.79 Å². The Morgan fingerprint density at radius 1 is 1.36 bits per heavy atom. The molecule has 2 heteroatoms. The van der Waals surface area contributed by atoms with E-state index in [1.165, 1.54) is 17.1 Å². The number of hydrogen-bond donors (Lipinski definition) is 0. The van der Waals surface area contributed by atoms with E-state index in [0.717, 1.165) is 0 Å². The third-order valence-corrected chi connectivity index (χ3v) is 1.01. The second-order valence-electron chi connectivity index (χ2n) is 2.36. The fourth-order valence-corrected chi connectivity index (χ4v) is 0.508. The van der Waals surface area contributed by atoms with Crippen molar-refractivity contribution in [1.29, 1.82) is 0 Å². The molecule has 0 bridgehead atoms. The van der Waals surface area contributed by atoms with Gasteiger partial charge in [0, 0.05) is 19.3 Å². The van der Waals surface area contributed by atoms with E-state index in [1.807, 2.05) is 6.07 Å². The normalized spacial score (nSPS) is 8.27. The summed E-state index contributed by atoms with van der Waals surface area (Å²) in [6.45, 7) is 4.25. The third-order valence-electron chi connectivity index (χ3n) is 1.01. The molecule has 1 aromatic rings. The van der Waals surface area contributed by atoms with Gasteiger partial charge in [-0.25, -0.2) is 0 Å². The lowest BCUT2D eigenvalue weighted by Gasteiger charge is -1.89. The van der Waals surface area contributed by atoms with Crippen molar-refractivity contribution in [3.63, 3.8) is 0 Å². The van der Waals surface area contributed by atoms with E-state index in [0.29, 0.717) is 0 Å². The second-order valence-corrected chi connectivity index (χ2v) is 2.36. The maximum Gasteiger partial charge on any atom is 0.250 e. The molecule has 0 saturated heterocycles. The van der Waals surface area contributed by atoms with Crippen molar-refractivity contribution in [1.82, 2.24) is 4.57 Å². The Morgan fingerprint density at radius 2 is 1.91 bits per heavy atom. The van der Waals surface area contributed by atoms with Gasteiger partial charge < -0.3 is 4.57 Å². The first-order valence-corrected chi connectivity index (χ1v) is 3.84. The van der Waals surface area contributed by atoms with Crippen molar-refractivity contribution in [2.45, 2.75) is 20.3 Å². The molecule has 1 heterocycles. The molecule has 0 spiro atoms. The van der Waals surface area contributed by atoms with Crippen LogP contribution in [0.5, 0.6) is 0 Å². The Bertz CT molecular complexity index is 239. The Kier molecular flexibility index (Phi) is 5.17. The highest BCUT2D eigenvalue weighted by molar-refractivity contribution is 4.91. The third kappa shape index (κ3) is 4.37. The van der Waals surface area contributed by atoms with Crippen LogP contribution >= 0.6 is 0 Å². The maximum absolute atomic E-state index is 10.6. The van der Waals surface area contributed by atoms with Crippen molar-refractivity contribution in [2.75, 3.05) is 0 Å². The summed E-state index contributed by atoms with van der Waals surface area (Å²) >= 11 is 0. The Morgan fingerprint density at radius 3 is 2.18 bits per heavy atom. The summed E-state index contributed by atoms with van der Waals surface area (Å²) in [6.07, 6.45) is 2.97. The summed E-state index contributed by atoms with van der Waals surface area (Å²) < 4.78 is 1.53. The Balaban J connectivity index is 0.000000292. The van der Waals surface area contributed by atoms with E-state index in [2.05, 4.69) is 13.8 Å². The van der Waals surface area contributed by atoms with E-state index < -0.39 is 0 Å². The van der Waals surface area contributed by atoms with Crippen molar-refractivity contribution < 1.29 is 0 Å².